The fraction of sp³-hybridized carbons (Fsp3) is 0.714. The molecule has 0 amide bonds. The predicted octanol–water partition coefficient (Wildman–Crippen LogP) is 3.33. The van der Waals surface area contributed by atoms with Crippen molar-refractivity contribution < 1.29 is 9.66 Å². The number of anilines is 1. The highest BCUT2D eigenvalue weighted by Crippen LogP contribution is 2.28. The summed E-state index contributed by atoms with van der Waals surface area (Å²) in [5, 5.41) is 14.2. The molecule has 0 spiro atoms. The smallest absolute Gasteiger partial charge is 0.352 e. The van der Waals surface area contributed by atoms with E-state index in [2.05, 4.69) is 29.1 Å². The Bertz CT molecular complexity index is 478. The highest BCUT2D eigenvalue weighted by atomic mass is 16.6. The number of hydrogen-bond acceptors (Lipinski definition) is 6. The van der Waals surface area contributed by atoms with Crippen molar-refractivity contribution in [3.63, 3.8) is 0 Å². The van der Waals surface area contributed by atoms with Gasteiger partial charge >= 0.3 is 5.69 Å². The van der Waals surface area contributed by atoms with Crippen molar-refractivity contribution in [1.82, 2.24) is 9.97 Å². The van der Waals surface area contributed by atoms with Crippen molar-refractivity contribution in [3.8, 4) is 5.88 Å². The van der Waals surface area contributed by atoms with Crippen LogP contribution < -0.4 is 10.1 Å². The molecule has 0 unspecified atom stereocenters. The molecule has 1 rings (SSSR count). The molecule has 0 atom stereocenters. The monoisotopic (exact) mass is 296 g/mol. The van der Waals surface area contributed by atoms with Crippen LogP contribution in [0.3, 0.4) is 0 Å². The standard InChI is InChI=1S/C14H24N4O3/c1-5-8-15-14-16-11(4)12(18(19)20)13(17-14)21-9-6-7-10(2)3/h10H,5-9H2,1-4H3,(H,15,16,17). The minimum Gasteiger partial charge on any atom is -0.473 e. The lowest BCUT2D eigenvalue weighted by Crippen LogP contribution is -2.10. The van der Waals surface area contributed by atoms with Crippen molar-refractivity contribution in [2.24, 2.45) is 5.92 Å². The largest absolute Gasteiger partial charge is 0.473 e. The molecule has 1 aromatic heterocycles. The van der Waals surface area contributed by atoms with Crippen molar-refractivity contribution in [2.45, 2.75) is 47.0 Å². The van der Waals surface area contributed by atoms with Crippen molar-refractivity contribution in [2.75, 3.05) is 18.5 Å². The Labute approximate surface area is 125 Å². The first-order chi connectivity index (χ1) is 9.95. The molecule has 0 aromatic carbocycles. The van der Waals surface area contributed by atoms with E-state index in [-0.39, 0.29) is 11.6 Å². The van der Waals surface area contributed by atoms with Crippen LogP contribution in [0.25, 0.3) is 0 Å². The molecular weight excluding hydrogens is 272 g/mol. The number of aromatic nitrogens is 2. The number of hydrogen-bond donors (Lipinski definition) is 1. The zero-order valence-corrected chi connectivity index (χ0v) is 13.2. The van der Waals surface area contributed by atoms with Gasteiger partial charge in [-0.2, -0.15) is 4.98 Å². The molecule has 0 aliphatic carbocycles. The molecule has 0 aliphatic rings. The second-order valence-electron chi connectivity index (χ2n) is 5.35. The van der Waals surface area contributed by atoms with Gasteiger partial charge in [0.05, 0.1) is 11.5 Å². The summed E-state index contributed by atoms with van der Waals surface area (Å²) in [7, 11) is 0. The Kier molecular flexibility index (Phi) is 6.84. The van der Waals surface area contributed by atoms with Crippen LogP contribution in [-0.4, -0.2) is 28.0 Å². The van der Waals surface area contributed by atoms with Crippen LogP contribution in [0.15, 0.2) is 0 Å². The summed E-state index contributed by atoms with van der Waals surface area (Å²) in [6.45, 7) is 9.01. The SMILES string of the molecule is CCCNc1nc(C)c([N+](=O)[O-])c(OCCCC(C)C)n1. The van der Waals surface area contributed by atoms with E-state index < -0.39 is 4.92 Å². The van der Waals surface area contributed by atoms with Gasteiger partial charge in [-0.25, -0.2) is 4.98 Å². The average molecular weight is 296 g/mol. The fourth-order valence-electron chi connectivity index (χ4n) is 1.83. The Balaban J connectivity index is 2.85. The van der Waals surface area contributed by atoms with Crippen molar-refractivity contribution >= 4 is 11.6 Å². The number of ether oxygens (including phenoxy) is 1. The molecule has 0 fully saturated rings. The van der Waals surface area contributed by atoms with Gasteiger partial charge in [0.2, 0.25) is 5.95 Å². The van der Waals surface area contributed by atoms with E-state index in [1.54, 1.807) is 6.92 Å². The second-order valence-corrected chi connectivity index (χ2v) is 5.35. The van der Waals surface area contributed by atoms with Crippen LogP contribution >= 0.6 is 0 Å². The molecule has 0 bridgehead atoms. The summed E-state index contributed by atoms with van der Waals surface area (Å²) in [4.78, 5) is 18.9. The number of rotatable bonds is 9. The maximum atomic E-state index is 11.1. The van der Waals surface area contributed by atoms with Gasteiger partial charge in [-0.1, -0.05) is 20.8 Å². The first-order valence-electron chi connectivity index (χ1n) is 7.35. The van der Waals surface area contributed by atoms with Gasteiger partial charge in [0, 0.05) is 6.54 Å². The third-order valence-electron chi connectivity index (χ3n) is 2.91. The van der Waals surface area contributed by atoms with Crippen LogP contribution in [0.1, 0.15) is 45.7 Å². The molecule has 1 N–H and O–H groups in total. The Morgan fingerprint density at radius 2 is 2.10 bits per heavy atom. The number of aryl methyl sites for hydroxylation is 1. The minimum absolute atomic E-state index is 0.0508. The van der Waals surface area contributed by atoms with Crippen molar-refractivity contribution in [3.05, 3.63) is 15.8 Å². The molecule has 118 valence electrons. The van der Waals surface area contributed by atoms with E-state index >= 15 is 0 Å². The fourth-order valence-corrected chi connectivity index (χ4v) is 1.83. The molecule has 1 heterocycles. The molecule has 0 radical (unpaired) electrons. The molecule has 0 saturated heterocycles. The first-order valence-corrected chi connectivity index (χ1v) is 7.35. The zero-order valence-electron chi connectivity index (χ0n) is 13.2. The van der Waals surface area contributed by atoms with E-state index in [0.717, 1.165) is 19.3 Å². The summed E-state index contributed by atoms with van der Waals surface area (Å²) in [5.74, 6) is 1.01. The van der Waals surface area contributed by atoms with Crippen molar-refractivity contribution in [1.29, 1.82) is 0 Å². The summed E-state index contributed by atoms with van der Waals surface area (Å²) in [5.41, 5.74) is 0.161. The quantitative estimate of drug-likeness (QED) is 0.427. The molecule has 7 nitrogen and oxygen atoms in total. The topological polar surface area (TPSA) is 90.2 Å². The Morgan fingerprint density at radius 3 is 2.67 bits per heavy atom. The first kappa shape index (κ1) is 17.1. The molecular formula is C14H24N4O3. The van der Waals surface area contributed by atoms with Gasteiger partial charge in [-0.3, -0.25) is 10.1 Å². The van der Waals surface area contributed by atoms with Crippen LogP contribution in [0.2, 0.25) is 0 Å². The Hall–Kier alpha value is -1.92. The third-order valence-corrected chi connectivity index (χ3v) is 2.91. The lowest BCUT2D eigenvalue weighted by molar-refractivity contribution is -0.387. The Morgan fingerprint density at radius 1 is 1.38 bits per heavy atom. The van der Waals surface area contributed by atoms with E-state index in [1.165, 1.54) is 0 Å². The third kappa shape index (κ3) is 5.53. The highest BCUT2D eigenvalue weighted by molar-refractivity contribution is 5.48. The highest BCUT2D eigenvalue weighted by Gasteiger charge is 2.23. The van der Waals surface area contributed by atoms with E-state index in [4.69, 9.17) is 4.74 Å². The molecule has 1 aromatic rings. The van der Waals surface area contributed by atoms with E-state index in [0.29, 0.717) is 30.7 Å². The maximum Gasteiger partial charge on any atom is 0.352 e. The molecule has 0 aliphatic heterocycles. The average Bonchev–Trinajstić information content (AvgIpc) is 2.40. The molecule has 21 heavy (non-hydrogen) atoms. The van der Waals surface area contributed by atoms with E-state index in [1.807, 2.05) is 6.92 Å². The summed E-state index contributed by atoms with van der Waals surface area (Å²) in [6.07, 6.45) is 2.78. The summed E-state index contributed by atoms with van der Waals surface area (Å²) in [6, 6.07) is 0. The predicted molar refractivity (Wildman–Crippen MR) is 81.8 cm³/mol. The van der Waals surface area contributed by atoms with Crippen LogP contribution in [0.5, 0.6) is 5.88 Å². The van der Waals surface area contributed by atoms with Gasteiger partial charge in [0.15, 0.2) is 0 Å². The minimum atomic E-state index is -0.489. The number of nitrogens with one attached hydrogen (secondary N) is 1. The van der Waals surface area contributed by atoms with Gasteiger partial charge in [-0.15, -0.1) is 0 Å². The molecule has 7 heteroatoms. The van der Waals surface area contributed by atoms with E-state index in [9.17, 15) is 10.1 Å². The second kappa shape index (κ2) is 8.39. The van der Waals surface area contributed by atoms with Gasteiger partial charge < -0.3 is 10.1 Å². The van der Waals surface area contributed by atoms with Crippen LogP contribution in [0, 0.1) is 23.0 Å². The van der Waals surface area contributed by atoms with Crippen LogP contribution in [-0.2, 0) is 0 Å². The lowest BCUT2D eigenvalue weighted by atomic mass is 10.1. The van der Waals surface area contributed by atoms with Crippen LogP contribution in [0.4, 0.5) is 11.6 Å². The normalized spacial score (nSPS) is 10.7. The zero-order chi connectivity index (χ0) is 15.8. The number of nitrogens with zero attached hydrogens (tertiary/aromatic N) is 3. The van der Waals surface area contributed by atoms with Gasteiger partial charge in [0.25, 0.3) is 5.88 Å². The lowest BCUT2D eigenvalue weighted by Gasteiger charge is -2.10. The summed E-state index contributed by atoms with van der Waals surface area (Å²) >= 11 is 0. The maximum absolute atomic E-state index is 11.1. The van der Waals surface area contributed by atoms with Gasteiger partial charge in [-0.05, 0) is 32.1 Å². The van der Waals surface area contributed by atoms with Gasteiger partial charge in [0.1, 0.15) is 5.69 Å². The summed E-state index contributed by atoms with van der Waals surface area (Å²) < 4.78 is 5.52. The number of nitro groups is 1. The molecule has 0 saturated carbocycles.